The van der Waals surface area contributed by atoms with E-state index >= 15 is 0 Å². The summed E-state index contributed by atoms with van der Waals surface area (Å²) in [5, 5.41) is 14.8. The largest absolute Gasteiger partial charge is 0.344 e. The molecule has 96 valence electrons. The van der Waals surface area contributed by atoms with Crippen molar-refractivity contribution in [3.05, 3.63) is 30.0 Å². The molecular weight excluding hydrogens is 242 g/mol. The van der Waals surface area contributed by atoms with E-state index in [0.717, 1.165) is 22.8 Å². The van der Waals surface area contributed by atoms with Crippen LogP contribution in [0.1, 0.15) is 30.2 Å². The Hall–Kier alpha value is -2.50. The fourth-order valence-corrected chi connectivity index (χ4v) is 2.23. The van der Waals surface area contributed by atoms with Gasteiger partial charge in [-0.3, -0.25) is 4.79 Å². The van der Waals surface area contributed by atoms with Crippen molar-refractivity contribution >= 4 is 17.2 Å². The van der Waals surface area contributed by atoms with Gasteiger partial charge in [-0.15, -0.1) is 10.2 Å². The number of hydrogen-bond donors (Lipinski definition) is 1. The summed E-state index contributed by atoms with van der Waals surface area (Å²) in [4.78, 5) is 11.2. The molecule has 0 unspecified atom stereocenters. The minimum absolute atomic E-state index is 0.298. The number of benzene rings is 1. The Morgan fingerprint density at radius 2 is 2.21 bits per heavy atom. The standard InChI is InChI=1S/C13H13N5O/c1-8(2)18-6-10(7-19)11-5-9(3-4-12(11)18)13-14-16-17-15-13/h3-8H,1-2H3,(H,14,15,16,17). The number of aromatic nitrogens is 5. The number of hydrogen-bond acceptors (Lipinski definition) is 4. The summed E-state index contributed by atoms with van der Waals surface area (Å²) in [5.41, 5.74) is 2.55. The number of rotatable bonds is 3. The van der Waals surface area contributed by atoms with E-state index in [1.54, 1.807) is 0 Å². The molecule has 0 fully saturated rings. The van der Waals surface area contributed by atoms with Crippen LogP contribution in [0.3, 0.4) is 0 Å². The molecule has 0 atom stereocenters. The number of aromatic amines is 1. The van der Waals surface area contributed by atoms with Crippen LogP contribution in [0.4, 0.5) is 0 Å². The fraction of sp³-hybridized carbons (Fsp3) is 0.231. The molecule has 0 aliphatic rings. The minimum atomic E-state index is 0.298. The summed E-state index contributed by atoms with van der Waals surface area (Å²) in [6.45, 7) is 4.17. The van der Waals surface area contributed by atoms with Gasteiger partial charge in [0.2, 0.25) is 5.82 Å². The maximum absolute atomic E-state index is 11.2. The van der Waals surface area contributed by atoms with Crippen molar-refractivity contribution in [2.75, 3.05) is 0 Å². The number of tetrazole rings is 1. The van der Waals surface area contributed by atoms with Crippen molar-refractivity contribution in [2.24, 2.45) is 0 Å². The molecule has 3 aromatic rings. The van der Waals surface area contributed by atoms with E-state index in [2.05, 4.69) is 39.0 Å². The van der Waals surface area contributed by atoms with Crippen molar-refractivity contribution in [1.82, 2.24) is 25.2 Å². The molecule has 0 bridgehead atoms. The Labute approximate surface area is 109 Å². The maximum atomic E-state index is 11.2. The summed E-state index contributed by atoms with van der Waals surface area (Å²) in [6.07, 6.45) is 2.75. The van der Waals surface area contributed by atoms with Crippen molar-refractivity contribution in [2.45, 2.75) is 19.9 Å². The Bertz CT molecular complexity index is 727. The Morgan fingerprint density at radius 3 is 2.84 bits per heavy atom. The number of aldehydes is 1. The second kappa shape index (κ2) is 4.31. The minimum Gasteiger partial charge on any atom is -0.344 e. The van der Waals surface area contributed by atoms with Gasteiger partial charge in [-0.05, 0) is 37.3 Å². The van der Waals surface area contributed by atoms with E-state index in [1.165, 1.54) is 0 Å². The molecule has 0 aliphatic carbocycles. The molecule has 2 aromatic heterocycles. The molecule has 0 amide bonds. The molecule has 6 nitrogen and oxygen atoms in total. The highest BCUT2D eigenvalue weighted by Crippen LogP contribution is 2.27. The van der Waals surface area contributed by atoms with E-state index in [0.29, 0.717) is 17.4 Å². The van der Waals surface area contributed by atoms with Gasteiger partial charge < -0.3 is 4.57 Å². The topological polar surface area (TPSA) is 76.5 Å². The Morgan fingerprint density at radius 1 is 1.37 bits per heavy atom. The lowest BCUT2D eigenvalue weighted by Crippen LogP contribution is -1.97. The highest BCUT2D eigenvalue weighted by Gasteiger charge is 2.12. The first-order chi connectivity index (χ1) is 9.20. The average Bonchev–Trinajstić information content (AvgIpc) is 3.05. The quantitative estimate of drug-likeness (QED) is 0.728. The second-order valence-corrected chi connectivity index (χ2v) is 4.67. The molecule has 1 aromatic carbocycles. The summed E-state index contributed by atoms with van der Waals surface area (Å²) in [7, 11) is 0. The van der Waals surface area contributed by atoms with Crippen LogP contribution < -0.4 is 0 Å². The first-order valence-corrected chi connectivity index (χ1v) is 6.04. The molecule has 0 saturated carbocycles. The molecule has 6 heteroatoms. The van der Waals surface area contributed by atoms with E-state index in [1.807, 2.05) is 24.4 Å². The molecule has 0 spiro atoms. The summed E-state index contributed by atoms with van der Waals surface area (Å²) >= 11 is 0. The zero-order chi connectivity index (χ0) is 13.4. The molecule has 1 N–H and O–H groups in total. The van der Waals surface area contributed by atoms with E-state index in [9.17, 15) is 4.79 Å². The number of nitrogens with zero attached hydrogens (tertiary/aromatic N) is 4. The van der Waals surface area contributed by atoms with Crippen LogP contribution in [0.5, 0.6) is 0 Å². The van der Waals surface area contributed by atoms with E-state index in [-0.39, 0.29) is 0 Å². The predicted octanol–water partition coefficient (Wildman–Crippen LogP) is 2.21. The lowest BCUT2D eigenvalue weighted by Gasteiger charge is -2.08. The van der Waals surface area contributed by atoms with Gasteiger partial charge in [0.25, 0.3) is 0 Å². The van der Waals surface area contributed by atoms with Gasteiger partial charge in [0.05, 0.1) is 0 Å². The van der Waals surface area contributed by atoms with Gasteiger partial charge >= 0.3 is 0 Å². The zero-order valence-electron chi connectivity index (χ0n) is 10.7. The lowest BCUT2D eigenvalue weighted by atomic mass is 10.1. The molecule has 0 aliphatic heterocycles. The van der Waals surface area contributed by atoms with Gasteiger partial charge in [-0.2, -0.15) is 5.21 Å². The molecule has 19 heavy (non-hydrogen) atoms. The summed E-state index contributed by atoms with van der Waals surface area (Å²) in [5.74, 6) is 0.524. The van der Waals surface area contributed by atoms with Crippen LogP contribution >= 0.6 is 0 Å². The highest BCUT2D eigenvalue weighted by atomic mass is 16.1. The molecule has 3 rings (SSSR count). The maximum Gasteiger partial charge on any atom is 0.204 e. The molecule has 0 radical (unpaired) electrons. The van der Waals surface area contributed by atoms with Gasteiger partial charge in [0.15, 0.2) is 6.29 Å². The molecular formula is C13H13N5O. The third-order valence-electron chi connectivity index (χ3n) is 3.15. The SMILES string of the molecule is CC(C)n1cc(C=O)c2cc(-c3nn[nH]n3)ccc21. The Balaban J connectivity index is 2.25. The van der Waals surface area contributed by atoms with Crippen molar-refractivity contribution in [3.8, 4) is 11.4 Å². The average molecular weight is 255 g/mol. The van der Waals surface area contributed by atoms with Gasteiger partial charge in [0, 0.05) is 34.3 Å². The number of nitrogens with one attached hydrogen (secondary N) is 1. The highest BCUT2D eigenvalue weighted by molar-refractivity contribution is 5.99. The van der Waals surface area contributed by atoms with Crippen LogP contribution in [0, 0.1) is 0 Å². The third kappa shape index (κ3) is 1.81. The van der Waals surface area contributed by atoms with Crippen molar-refractivity contribution in [1.29, 1.82) is 0 Å². The fourth-order valence-electron chi connectivity index (χ4n) is 2.23. The summed E-state index contributed by atoms with van der Waals surface area (Å²) in [6, 6.07) is 6.13. The van der Waals surface area contributed by atoms with E-state index < -0.39 is 0 Å². The second-order valence-electron chi connectivity index (χ2n) is 4.67. The summed E-state index contributed by atoms with van der Waals surface area (Å²) < 4.78 is 2.08. The lowest BCUT2D eigenvalue weighted by molar-refractivity contribution is 0.112. The number of carbonyl (C=O) groups is 1. The van der Waals surface area contributed by atoms with Crippen LogP contribution in [-0.4, -0.2) is 31.5 Å². The van der Waals surface area contributed by atoms with Crippen LogP contribution in [-0.2, 0) is 0 Å². The predicted molar refractivity (Wildman–Crippen MR) is 70.9 cm³/mol. The van der Waals surface area contributed by atoms with Gasteiger partial charge in [0.1, 0.15) is 0 Å². The number of fused-ring (bicyclic) bond motifs is 1. The number of carbonyl (C=O) groups excluding carboxylic acids is 1. The van der Waals surface area contributed by atoms with Crippen LogP contribution in [0.2, 0.25) is 0 Å². The van der Waals surface area contributed by atoms with Crippen LogP contribution in [0.25, 0.3) is 22.3 Å². The van der Waals surface area contributed by atoms with Crippen molar-refractivity contribution < 1.29 is 4.79 Å². The molecule has 0 saturated heterocycles. The first kappa shape index (κ1) is 11.6. The Kier molecular flexibility index (Phi) is 2.63. The van der Waals surface area contributed by atoms with Gasteiger partial charge in [-0.1, -0.05) is 0 Å². The zero-order valence-corrected chi connectivity index (χ0v) is 10.7. The molecule has 2 heterocycles. The number of H-pyrrole nitrogens is 1. The van der Waals surface area contributed by atoms with Crippen molar-refractivity contribution in [3.63, 3.8) is 0 Å². The van der Waals surface area contributed by atoms with Gasteiger partial charge in [-0.25, -0.2) is 0 Å². The smallest absolute Gasteiger partial charge is 0.204 e. The monoisotopic (exact) mass is 255 g/mol. The van der Waals surface area contributed by atoms with Crippen LogP contribution in [0.15, 0.2) is 24.4 Å². The van der Waals surface area contributed by atoms with E-state index in [4.69, 9.17) is 0 Å². The normalized spacial score (nSPS) is 11.3. The first-order valence-electron chi connectivity index (χ1n) is 6.04. The third-order valence-corrected chi connectivity index (χ3v) is 3.15.